The van der Waals surface area contributed by atoms with Crippen molar-refractivity contribution in [2.75, 3.05) is 0 Å². The van der Waals surface area contributed by atoms with Crippen molar-refractivity contribution in [2.24, 2.45) is 5.92 Å². The summed E-state index contributed by atoms with van der Waals surface area (Å²) in [6.45, 7) is 1.78. The number of aromatic nitrogens is 2. The van der Waals surface area contributed by atoms with Crippen LogP contribution in [-0.4, -0.2) is 15.3 Å². The Morgan fingerprint density at radius 3 is 2.76 bits per heavy atom. The first-order valence-corrected chi connectivity index (χ1v) is 5.72. The van der Waals surface area contributed by atoms with Crippen LogP contribution in [0.4, 0.5) is 0 Å². The van der Waals surface area contributed by atoms with Crippen molar-refractivity contribution in [2.45, 2.75) is 13.3 Å². The second-order valence-electron chi connectivity index (χ2n) is 3.82. The van der Waals surface area contributed by atoms with Crippen LogP contribution in [0.15, 0.2) is 34.9 Å². The fraction of sp³-hybridized carbons (Fsp3) is 0.250. The second-order valence-corrected chi connectivity index (χ2v) is 4.26. The third kappa shape index (κ3) is 2.94. The first kappa shape index (κ1) is 11.9. The van der Waals surface area contributed by atoms with Gasteiger partial charge in [-0.3, -0.25) is 4.79 Å². The zero-order valence-corrected chi connectivity index (χ0v) is 10.2. The lowest BCUT2D eigenvalue weighted by molar-refractivity contribution is -0.113. The molecule has 0 saturated heterocycles. The molecule has 0 fully saturated rings. The fourth-order valence-electron chi connectivity index (χ4n) is 1.39. The van der Waals surface area contributed by atoms with Crippen LogP contribution in [-0.2, 0) is 11.2 Å². The van der Waals surface area contributed by atoms with Gasteiger partial charge < -0.3 is 4.52 Å². The molecule has 0 amide bonds. The summed E-state index contributed by atoms with van der Waals surface area (Å²) in [5.74, 6) is 0.778. The summed E-state index contributed by atoms with van der Waals surface area (Å²) in [4.78, 5) is 15.2. The van der Waals surface area contributed by atoms with Crippen LogP contribution in [0.25, 0.3) is 11.4 Å². The summed E-state index contributed by atoms with van der Waals surface area (Å²) < 4.78 is 5.09. The highest BCUT2D eigenvalue weighted by Crippen LogP contribution is 2.16. The highest BCUT2D eigenvalue weighted by atomic mass is 32.1. The Morgan fingerprint density at radius 1 is 1.41 bits per heavy atom. The third-order valence-electron chi connectivity index (χ3n) is 2.40. The molecule has 0 N–H and O–H groups in total. The number of hydrogen-bond acceptors (Lipinski definition) is 4. The van der Waals surface area contributed by atoms with E-state index in [1.54, 1.807) is 6.92 Å². The predicted octanol–water partition coefficient (Wildman–Crippen LogP) is 2.37. The maximum atomic E-state index is 11.0. The number of hydrogen-bond donors (Lipinski definition) is 1. The SMILES string of the molecule is C[C@@H](Cc1nc(-c2ccccc2)no1)C(=O)S. The molecule has 0 spiro atoms. The maximum absolute atomic E-state index is 11.0. The largest absolute Gasteiger partial charge is 0.339 e. The van der Waals surface area contributed by atoms with E-state index in [4.69, 9.17) is 4.52 Å². The fourth-order valence-corrected chi connectivity index (χ4v) is 1.48. The van der Waals surface area contributed by atoms with Crippen molar-refractivity contribution < 1.29 is 9.32 Å². The second kappa shape index (κ2) is 5.14. The average Bonchev–Trinajstić information content (AvgIpc) is 2.78. The predicted molar refractivity (Wildman–Crippen MR) is 66.6 cm³/mol. The van der Waals surface area contributed by atoms with E-state index in [0.29, 0.717) is 18.1 Å². The van der Waals surface area contributed by atoms with Crippen molar-refractivity contribution in [3.8, 4) is 11.4 Å². The van der Waals surface area contributed by atoms with E-state index < -0.39 is 0 Å². The number of carbonyl (C=O) groups excluding carboxylic acids is 1. The molecule has 0 saturated carbocycles. The average molecular weight is 248 g/mol. The van der Waals surface area contributed by atoms with Crippen molar-refractivity contribution >= 4 is 17.7 Å². The van der Waals surface area contributed by atoms with Gasteiger partial charge in [-0.2, -0.15) is 4.98 Å². The molecule has 4 nitrogen and oxygen atoms in total. The number of carbonyl (C=O) groups is 1. The summed E-state index contributed by atoms with van der Waals surface area (Å²) in [6, 6.07) is 9.55. The summed E-state index contributed by atoms with van der Waals surface area (Å²) in [5.41, 5.74) is 0.896. The Hall–Kier alpha value is -1.62. The van der Waals surface area contributed by atoms with Crippen molar-refractivity contribution in [3.63, 3.8) is 0 Å². The van der Waals surface area contributed by atoms with Gasteiger partial charge in [0.15, 0.2) is 5.12 Å². The lowest BCUT2D eigenvalue weighted by atomic mass is 10.1. The van der Waals surface area contributed by atoms with Gasteiger partial charge in [0, 0.05) is 17.9 Å². The monoisotopic (exact) mass is 248 g/mol. The van der Waals surface area contributed by atoms with Gasteiger partial charge in [0.2, 0.25) is 11.7 Å². The Balaban J connectivity index is 2.14. The number of nitrogens with zero attached hydrogens (tertiary/aromatic N) is 2. The third-order valence-corrected chi connectivity index (χ3v) is 2.84. The molecule has 5 heteroatoms. The molecule has 0 bridgehead atoms. The molecule has 0 aliphatic heterocycles. The van der Waals surface area contributed by atoms with Gasteiger partial charge >= 0.3 is 0 Å². The van der Waals surface area contributed by atoms with Gasteiger partial charge in [0.1, 0.15) is 0 Å². The molecule has 0 aliphatic rings. The van der Waals surface area contributed by atoms with Crippen LogP contribution >= 0.6 is 12.6 Å². The Bertz CT molecular complexity index is 510. The van der Waals surface area contributed by atoms with E-state index in [0.717, 1.165) is 5.56 Å². The molecule has 1 aromatic carbocycles. The Labute approximate surface area is 104 Å². The van der Waals surface area contributed by atoms with Crippen molar-refractivity contribution in [3.05, 3.63) is 36.2 Å². The standard InChI is InChI=1S/C12H12N2O2S/c1-8(12(15)17)7-10-13-11(14-16-10)9-5-3-2-4-6-9/h2-6,8H,7H2,1H3,(H,15,17)/t8-/m0/s1. The van der Waals surface area contributed by atoms with Crippen LogP contribution in [0.1, 0.15) is 12.8 Å². The number of benzene rings is 1. The molecule has 0 unspecified atom stereocenters. The van der Waals surface area contributed by atoms with Gasteiger partial charge in [0.05, 0.1) is 0 Å². The summed E-state index contributed by atoms with van der Waals surface area (Å²) in [7, 11) is 0. The van der Waals surface area contributed by atoms with E-state index in [9.17, 15) is 4.79 Å². The van der Waals surface area contributed by atoms with Crippen LogP contribution in [0.5, 0.6) is 0 Å². The number of rotatable bonds is 4. The molecule has 17 heavy (non-hydrogen) atoms. The van der Waals surface area contributed by atoms with E-state index in [1.165, 1.54) is 0 Å². The van der Waals surface area contributed by atoms with E-state index in [-0.39, 0.29) is 11.0 Å². The first-order chi connectivity index (χ1) is 8.16. The molecule has 2 aromatic rings. The topological polar surface area (TPSA) is 56.0 Å². The smallest absolute Gasteiger partial charge is 0.227 e. The Kier molecular flexibility index (Phi) is 3.58. The highest BCUT2D eigenvalue weighted by molar-refractivity contribution is 7.96. The molecule has 1 heterocycles. The molecule has 2 rings (SSSR count). The highest BCUT2D eigenvalue weighted by Gasteiger charge is 2.15. The maximum Gasteiger partial charge on any atom is 0.227 e. The van der Waals surface area contributed by atoms with Gasteiger partial charge in [-0.15, -0.1) is 12.6 Å². The molecule has 88 valence electrons. The molecule has 0 radical (unpaired) electrons. The minimum absolute atomic E-state index is 0.176. The van der Waals surface area contributed by atoms with Gasteiger partial charge in [0.25, 0.3) is 0 Å². The van der Waals surface area contributed by atoms with Gasteiger partial charge in [-0.25, -0.2) is 0 Å². The number of thiol groups is 1. The van der Waals surface area contributed by atoms with Gasteiger partial charge in [-0.05, 0) is 0 Å². The van der Waals surface area contributed by atoms with E-state index >= 15 is 0 Å². The van der Waals surface area contributed by atoms with Crippen LogP contribution < -0.4 is 0 Å². The minimum atomic E-state index is -0.220. The zero-order valence-electron chi connectivity index (χ0n) is 9.33. The molecular formula is C12H12N2O2S. The van der Waals surface area contributed by atoms with Crippen LogP contribution in [0, 0.1) is 5.92 Å². The lowest BCUT2D eigenvalue weighted by Crippen LogP contribution is -2.07. The van der Waals surface area contributed by atoms with Crippen molar-refractivity contribution in [1.82, 2.24) is 10.1 Å². The van der Waals surface area contributed by atoms with Crippen LogP contribution in [0.3, 0.4) is 0 Å². The first-order valence-electron chi connectivity index (χ1n) is 5.27. The Morgan fingerprint density at radius 2 is 2.12 bits per heavy atom. The summed E-state index contributed by atoms with van der Waals surface area (Å²) >= 11 is 3.77. The van der Waals surface area contributed by atoms with Crippen molar-refractivity contribution in [1.29, 1.82) is 0 Å². The molecule has 1 aromatic heterocycles. The van der Waals surface area contributed by atoms with E-state index in [2.05, 4.69) is 22.8 Å². The molecular weight excluding hydrogens is 236 g/mol. The molecule has 0 aliphatic carbocycles. The lowest BCUT2D eigenvalue weighted by Gasteiger charge is -2.00. The van der Waals surface area contributed by atoms with Crippen LogP contribution in [0.2, 0.25) is 0 Å². The summed E-state index contributed by atoms with van der Waals surface area (Å²) in [5, 5.41) is 3.70. The minimum Gasteiger partial charge on any atom is -0.339 e. The summed E-state index contributed by atoms with van der Waals surface area (Å²) in [6.07, 6.45) is 0.419. The molecule has 1 atom stereocenters. The quantitative estimate of drug-likeness (QED) is 0.844. The van der Waals surface area contributed by atoms with Gasteiger partial charge in [-0.1, -0.05) is 42.4 Å². The van der Waals surface area contributed by atoms with E-state index in [1.807, 2.05) is 30.3 Å². The zero-order chi connectivity index (χ0) is 12.3. The normalized spacial score (nSPS) is 12.4.